The third-order valence-electron chi connectivity index (χ3n) is 4.66. The standard InChI is InChI=1S/C20H22N2O4/c1-13-5-17-18(6-14(13)2)22(11-21-17)8-16(23)10-24-9-15-3-4-19-20(7-15)26-12-25-19/h3-7,11,16,23H,8-10,12H2,1-2H3. The van der Waals surface area contributed by atoms with E-state index in [1.807, 2.05) is 22.8 Å². The SMILES string of the molecule is Cc1cc2ncn(CC(O)COCc3ccc4c(c3)OCO4)c2cc1C. The number of fused-ring (bicyclic) bond motifs is 2. The van der Waals surface area contributed by atoms with Gasteiger partial charge in [-0.05, 0) is 54.8 Å². The van der Waals surface area contributed by atoms with E-state index in [-0.39, 0.29) is 13.4 Å². The fraction of sp³-hybridized carbons (Fsp3) is 0.350. The molecule has 1 aromatic heterocycles. The second-order valence-electron chi connectivity index (χ2n) is 6.68. The van der Waals surface area contributed by atoms with Crippen LogP contribution in [0.2, 0.25) is 0 Å². The predicted molar refractivity (Wildman–Crippen MR) is 97.4 cm³/mol. The maximum Gasteiger partial charge on any atom is 0.231 e. The highest BCUT2D eigenvalue weighted by molar-refractivity contribution is 5.77. The van der Waals surface area contributed by atoms with Crippen LogP contribution >= 0.6 is 0 Å². The Balaban J connectivity index is 1.34. The molecule has 4 rings (SSSR count). The van der Waals surface area contributed by atoms with Gasteiger partial charge in [-0.25, -0.2) is 4.98 Å². The Bertz CT molecular complexity index is 935. The molecule has 0 spiro atoms. The van der Waals surface area contributed by atoms with Crippen molar-refractivity contribution >= 4 is 11.0 Å². The van der Waals surface area contributed by atoms with Crippen LogP contribution in [-0.4, -0.2) is 34.2 Å². The van der Waals surface area contributed by atoms with Crippen LogP contribution in [0.5, 0.6) is 11.5 Å². The Labute approximate surface area is 151 Å². The van der Waals surface area contributed by atoms with Gasteiger partial charge in [-0.2, -0.15) is 0 Å². The number of hydrogen-bond acceptors (Lipinski definition) is 5. The molecule has 1 unspecified atom stereocenters. The smallest absolute Gasteiger partial charge is 0.231 e. The molecule has 0 aliphatic carbocycles. The lowest BCUT2D eigenvalue weighted by Crippen LogP contribution is -2.21. The number of aromatic nitrogens is 2. The monoisotopic (exact) mass is 354 g/mol. The molecule has 1 atom stereocenters. The summed E-state index contributed by atoms with van der Waals surface area (Å²) in [6, 6.07) is 9.90. The lowest BCUT2D eigenvalue weighted by Gasteiger charge is -2.13. The van der Waals surface area contributed by atoms with Gasteiger partial charge < -0.3 is 23.9 Å². The van der Waals surface area contributed by atoms with E-state index >= 15 is 0 Å². The Kier molecular flexibility index (Phi) is 4.53. The number of ether oxygens (including phenoxy) is 3. The molecule has 2 aromatic carbocycles. The molecule has 3 aromatic rings. The maximum atomic E-state index is 10.3. The summed E-state index contributed by atoms with van der Waals surface area (Å²) < 4.78 is 18.3. The van der Waals surface area contributed by atoms with Crippen molar-refractivity contribution in [2.75, 3.05) is 13.4 Å². The summed E-state index contributed by atoms with van der Waals surface area (Å²) in [5.74, 6) is 1.49. The van der Waals surface area contributed by atoms with Crippen LogP contribution in [-0.2, 0) is 17.9 Å². The van der Waals surface area contributed by atoms with Gasteiger partial charge in [0.05, 0.1) is 43.2 Å². The summed E-state index contributed by atoms with van der Waals surface area (Å²) in [6.45, 7) is 5.52. The van der Waals surface area contributed by atoms with Crippen LogP contribution in [0.25, 0.3) is 11.0 Å². The molecule has 0 fully saturated rings. The largest absolute Gasteiger partial charge is 0.454 e. The van der Waals surface area contributed by atoms with Gasteiger partial charge in [-0.15, -0.1) is 0 Å². The predicted octanol–water partition coefficient (Wildman–Crippen LogP) is 2.96. The number of hydrogen-bond donors (Lipinski definition) is 1. The number of benzene rings is 2. The third kappa shape index (κ3) is 3.38. The molecule has 1 aliphatic heterocycles. The number of aliphatic hydroxyl groups is 1. The summed E-state index contributed by atoms with van der Waals surface area (Å²) in [5, 5.41) is 10.3. The molecule has 0 radical (unpaired) electrons. The van der Waals surface area contributed by atoms with Crippen LogP contribution in [0.15, 0.2) is 36.7 Å². The lowest BCUT2D eigenvalue weighted by atomic mass is 10.1. The van der Waals surface area contributed by atoms with Gasteiger partial charge >= 0.3 is 0 Å². The molecule has 0 bridgehead atoms. The molecule has 0 saturated heterocycles. The molecule has 2 heterocycles. The van der Waals surface area contributed by atoms with Gasteiger partial charge in [0.1, 0.15) is 0 Å². The van der Waals surface area contributed by atoms with Crippen molar-refractivity contribution in [3.05, 3.63) is 53.3 Å². The molecule has 6 nitrogen and oxygen atoms in total. The minimum Gasteiger partial charge on any atom is -0.454 e. The van der Waals surface area contributed by atoms with Crippen LogP contribution in [0.3, 0.4) is 0 Å². The van der Waals surface area contributed by atoms with Crippen LogP contribution in [0.1, 0.15) is 16.7 Å². The van der Waals surface area contributed by atoms with E-state index < -0.39 is 6.10 Å². The number of imidazole rings is 1. The molecule has 26 heavy (non-hydrogen) atoms. The average molecular weight is 354 g/mol. The minimum absolute atomic E-state index is 0.249. The maximum absolute atomic E-state index is 10.3. The highest BCUT2D eigenvalue weighted by Gasteiger charge is 2.14. The first-order chi connectivity index (χ1) is 12.6. The Morgan fingerprint density at radius 3 is 2.85 bits per heavy atom. The normalized spacial score (nSPS) is 14.1. The fourth-order valence-corrected chi connectivity index (χ4v) is 3.08. The van der Waals surface area contributed by atoms with E-state index in [4.69, 9.17) is 14.2 Å². The molecular formula is C20H22N2O4. The third-order valence-corrected chi connectivity index (χ3v) is 4.66. The molecular weight excluding hydrogens is 332 g/mol. The van der Waals surface area contributed by atoms with Gasteiger partial charge in [0, 0.05) is 0 Å². The number of nitrogens with zero attached hydrogens (tertiary/aromatic N) is 2. The first kappa shape index (κ1) is 16.9. The van der Waals surface area contributed by atoms with E-state index in [9.17, 15) is 5.11 Å². The van der Waals surface area contributed by atoms with Crippen molar-refractivity contribution in [2.24, 2.45) is 0 Å². The summed E-state index contributed by atoms with van der Waals surface area (Å²) in [5.41, 5.74) is 5.40. The van der Waals surface area contributed by atoms with Gasteiger partial charge in [-0.1, -0.05) is 6.07 Å². The van der Waals surface area contributed by atoms with E-state index in [1.54, 1.807) is 6.33 Å². The van der Waals surface area contributed by atoms with Crippen LogP contribution in [0.4, 0.5) is 0 Å². The van der Waals surface area contributed by atoms with Gasteiger partial charge in [-0.3, -0.25) is 0 Å². The van der Waals surface area contributed by atoms with Crippen LogP contribution in [0, 0.1) is 13.8 Å². The summed E-state index contributed by atoms with van der Waals surface area (Å²) in [6.07, 6.45) is 1.16. The Morgan fingerprint density at radius 2 is 1.96 bits per heavy atom. The molecule has 0 saturated carbocycles. The second-order valence-corrected chi connectivity index (χ2v) is 6.68. The van der Waals surface area contributed by atoms with Crippen molar-refractivity contribution in [1.82, 2.24) is 9.55 Å². The number of aliphatic hydroxyl groups excluding tert-OH is 1. The summed E-state index contributed by atoms with van der Waals surface area (Å²) in [4.78, 5) is 4.42. The van der Waals surface area contributed by atoms with Crippen molar-refractivity contribution < 1.29 is 19.3 Å². The van der Waals surface area contributed by atoms with Crippen molar-refractivity contribution in [3.8, 4) is 11.5 Å². The van der Waals surface area contributed by atoms with Crippen molar-refractivity contribution in [1.29, 1.82) is 0 Å². The Hall–Kier alpha value is -2.57. The minimum atomic E-state index is -0.608. The zero-order valence-electron chi connectivity index (χ0n) is 14.9. The second kappa shape index (κ2) is 6.97. The summed E-state index contributed by atoms with van der Waals surface area (Å²) in [7, 11) is 0. The quantitative estimate of drug-likeness (QED) is 0.737. The lowest BCUT2D eigenvalue weighted by molar-refractivity contribution is 0.0208. The molecule has 1 N–H and O–H groups in total. The van der Waals surface area contributed by atoms with Crippen molar-refractivity contribution in [2.45, 2.75) is 33.1 Å². The molecule has 6 heteroatoms. The van der Waals surface area contributed by atoms with E-state index in [2.05, 4.69) is 31.0 Å². The summed E-state index contributed by atoms with van der Waals surface area (Å²) >= 11 is 0. The number of aryl methyl sites for hydroxylation is 2. The highest BCUT2D eigenvalue weighted by atomic mass is 16.7. The zero-order chi connectivity index (χ0) is 18.1. The van der Waals surface area contributed by atoms with Gasteiger partial charge in [0.15, 0.2) is 11.5 Å². The fourth-order valence-electron chi connectivity index (χ4n) is 3.08. The number of rotatable bonds is 6. The molecule has 1 aliphatic rings. The van der Waals surface area contributed by atoms with E-state index in [0.29, 0.717) is 13.2 Å². The average Bonchev–Trinajstić information content (AvgIpc) is 3.22. The highest BCUT2D eigenvalue weighted by Crippen LogP contribution is 2.32. The van der Waals surface area contributed by atoms with Gasteiger partial charge in [0.25, 0.3) is 0 Å². The first-order valence-corrected chi connectivity index (χ1v) is 8.66. The molecule has 136 valence electrons. The topological polar surface area (TPSA) is 65.7 Å². The van der Waals surface area contributed by atoms with Crippen molar-refractivity contribution in [3.63, 3.8) is 0 Å². The Morgan fingerprint density at radius 1 is 1.15 bits per heavy atom. The van der Waals surface area contributed by atoms with Crippen LogP contribution < -0.4 is 9.47 Å². The zero-order valence-corrected chi connectivity index (χ0v) is 14.9. The van der Waals surface area contributed by atoms with Gasteiger partial charge in [0.2, 0.25) is 6.79 Å². The molecule has 0 amide bonds. The first-order valence-electron chi connectivity index (χ1n) is 8.66. The van der Waals surface area contributed by atoms with E-state index in [1.165, 1.54) is 11.1 Å². The van der Waals surface area contributed by atoms with E-state index in [0.717, 1.165) is 28.1 Å².